The Morgan fingerprint density at radius 1 is 1.21 bits per heavy atom. The molecule has 3 rings (SSSR count). The maximum Gasteiger partial charge on any atom is 0.309 e. The fraction of sp³-hybridized carbons (Fsp3) is 0.364. The first kappa shape index (κ1) is 25.0. The van der Waals surface area contributed by atoms with Gasteiger partial charge in [0.2, 0.25) is 0 Å². The third-order valence-electron chi connectivity index (χ3n) is 4.31. The lowest BCUT2D eigenvalue weighted by Crippen LogP contribution is -2.29. The largest absolute Gasteiger partial charge is 0.469 e. The Morgan fingerprint density at radius 3 is 2.53 bits per heavy atom. The first-order valence-corrected chi connectivity index (χ1v) is 10.6. The Morgan fingerprint density at radius 2 is 1.91 bits per heavy atom. The quantitative estimate of drug-likeness (QED) is 0.434. The van der Waals surface area contributed by atoms with Crippen LogP contribution in [0, 0.1) is 11.7 Å². The van der Waals surface area contributed by atoms with Gasteiger partial charge in [-0.25, -0.2) is 9.37 Å². The molecule has 1 aromatic carbocycles. The van der Waals surface area contributed by atoms with Crippen LogP contribution in [0.5, 0.6) is 11.6 Å². The van der Waals surface area contributed by atoms with Crippen molar-refractivity contribution in [2.24, 2.45) is 5.92 Å². The molecular weight excluding hydrogens is 469 g/mol. The number of tetrazole rings is 1. The van der Waals surface area contributed by atoms with Crippen molar-refractivity contribution in [3.63, 3.8) is 0 Å². The summed E-state index contributed by atoms with van der Waals surface area (Å²) in [4.78, 5) is 29.4. The van der Waals surface area contributed by atoms with Crippen LogP contribution >= 0.6 is 11.6 Å². The van der Waals surface area contributed by atoms with Crippen molar-refractivity contribution >= 4 is 23.5 Å². The van der Waals surface area contributed by atoms with Crippen LogP contribution in [-0.2, 0) is 25.5 Å². The van der Waals surface area contributed by atoms with E-state index in [2.05, 4.69) is 20.4 Å². The van der Waals surface area contributed by atoms with Crippen LogP contribution in [0.25, 0.3) is 5.69 Å². The number of methoxy groups -OCH3 is 1. The summed E-state index contributed by atoms with van der Waals surface area (Å²) in [6.07, 6.45) is 1.13. The van der Waals surface area contributed by atoms with Gasteiger partial charge in [0.05, 0.1) is 30.2 Å². The topological polar surface area (TPSA) is 118 Å². The van der Waals surface area contributed by atoms with Gasteiger partial charge in [0.15, 0.2) is 11.6 Å². The summed E-state index contributed by atoms with van der Waals surface area (Å²) < 4.78 is 29.4. The predicted molar refractivity (Wildman–Crippen MR) is 118 cm³/mol. The van der Waals surface area contributed by atoms with Crippen molar-refractivity contribution in [1.29, 1.82) is 0 Å². The molecule has 0 N–H and O–H groups in total. The van der Waals surface area contributed by atoms with Gasteiger partial charge in [-0.05, 0) is 56.3 Å². The molecule has 34 heavy (non-hydrogen) atoms. The molecule has 12 heteroatoms. The second-order valence-electron chi connectivity index (χ2n) is 8.25. The zero-order chi connectivity index (χ0) is 24.9. The number of halogens is 2. The normalized spacial score (nSPS) is 12.2. The van der Waals surface area contributed by atoms with E-state index in [1.807, 2.05) is 0 Å². The molecule has 0 aliphatic heterocycles. The number of esters is 2. The van der Waals surface area contributed by atoms with Crippen molar-refractivity contribution < 1.29 is 28.2 Å². The smallest absolute Gasteiger partial charge is 0.309 e. The highest BCUT2D eigenvalue weighted by atomic mass is 35.5. The van der Waals surface area contributed by atoms with Crippen LogP contribution in [0.1, 0.15) is 33.0 Å². The summed E-state index contributed by atoms with van der Waals surface area (Å²) in [5.74, 6) is -2.25. The summed E-state index contributed by atoms with van der Waals surface area (Å²) in [5, 5.41) is 12.4. The molecule has 0 radical (unpaired) electrons. The number of benzene rings is 1. The third-order valence-corrected chi connectivity index (χ3v) is 4.51. The number of pyridine rings is 1. The van der Waals surface area contributed by atoms with Gasteiger partial charge in [-0.3, -0.25) is 9.59 Å². The average molecular weight is 492 g/mol. The number of aromatic nitrogens is 5. The Balaban J connectivity index is 1.68. The third kappa shape index (κ3) is 6.95. The van der Waals surface area contributed by atoms with Crippen molar-refractivity contribution in [2.75, 3.05) is 7.11 Å². The molecule has 180 valence electrons. The molecule has 0 saturated heterocycles. The van der Waals surface area contributed by atoms with E-state index in [1.54, 1.807) is 45.0 Å². The lowest BCUT2D eigenvalue weighted by molar-refractivity contribution is -0.160. The minimum atomic E-state index is -0.824. The van der Waals surface area contributed by atoms with Crippen LogP contribution in [0.15, 0.2) is 36.5 Å². The molecule has 10 nitrogen and oxygen atoms in total. The zero-order valence-electron chi connectivity index (χ0n) is 19.0. The average Bonchev–Trinajstić information content (AvgIpc) is 3.22. The summed E-state index contributed by atoms with van der Waals surface area (Å²) >= 11 is 5.69. The van der Waals surface area contributed by atoms with E-state index in [9.17, 15) is 14.0 Å². The van der Waals surface area contributed by atoms with Crippen LogP contribution in [-0.4, -0.2) is 49.8 Å². The number of nitrogens with zero attached hydrogens (tertiary/aromatic N) is 5. The first-order valence-electron chi connectivity index (χ1n) is 10.2. The van der Waals surface area contributed by atoms with E-state index in [1.165, 1.54) is 18.1 Å². The molecule has 0 fully saturated rings. The van der Waals surface area contributed by atoms with E-state index in [0.29, 0.717) is 11.4 Å². The van der Waals surface area contributed by atoms with Crippen LogP contribution in [0.2, 0.25) is 5.02 Å². The number of hydrogen-bond donors (Lipinski definition) is 0. The number of carbonyl (C=O) groups is 2. The second kappa shape index (κ2) is 10.6. The molecule has 0 bridgehead atoms. The monoisotopic (exact) mass is 491 g/mol. The van der Waals surface area contributed by atoms with Gasteiger partial charge in [0.1, 0.15) is 11.4 Å². The molecule has 0 aliphatic rings. The Labute approximate surface area is 200 Å². The summed E-state index contributed by atoms with van der Waals surface area (Å²) in [5.41, 5.74) is -0.137. The fourth-order valence-corrected chi connectivity index (χ4v) is 3.03. The Hall–Kier alpha value is -3.60. The molecule has 0 saturated carbocycles. The van der Waals surface area contributed by atoms with Gasteiger partial charge in [-0.2, -0.15) is 0 Å². The zero-order valence-corrected chi connectivity index (χ0v) is 19.7. The van der Waals surface area contributed by atoms with E-state index < -0.39 is 29.3 Å². The van der Waals surface area contributed by atoms with Crippen molar-refractivity contribution in [3.8, 4) is 17.3 Å². The highest BCUT2D eigenvalue weighted by molar-refractivity contribution is 6.30. The van der Waals surface area contributed by atoms with Gasteiger partial charge >= 0.3 is 11.9 Å². The molecule has 3 aromatic rings. The van der Waals surface area contributed by atoms with E-state index in [0.717, 1.165) is 6.07 Å². The highest BCUT2D eigenvalue weighted by Gasteiger charge is 2.28. The van der Waals surface area contributed by atoms with Gasteiger partial charge in [-0.1, -0.05) is 11.6 Å². The molecule has 2 heterocycles. The minimum Gasteiger partial charge on any atom is -0.469 e. The van der Waals surface area contributed by atoms with Crippen LogP contribution in [0.3, 0.4) is 0 Å². The van der Waals surface area contributed by atoms with Crippen molar-refractivity contribution in [1.82, 2.24) is 25.2 Å². The Kier molecular flexibility index (Phi) is 7.77. The number of rotatable bonds is 8. The van der Waals surface area contributed by atoms with E-state index in [-0.39, 0.29) is 29.6 Å². The van der Waals surface area contributed by atoms with Crippen LogP contribution < -0.4 is 4.74 Å². The fourth-order valence-electron chi connectivity index (χ4n) is 2.88. The lowest BCUT2D eigenvalue weighted by Gasteiger charge is -2.21. The maximum atomic E-state index is 13.9. The molecule has 1 unspecified atom stereocenters. The molecular formula is C22H23ClFN5O5. The van der Waals surface area contributed by atoms with Crippen molar-refractivity contribution in [2.45, 2.75) is 39.2 Å². The van der Waals surface area contributed by atoms with Gasteiger partial charge in [0.25, 0.3) is 5.88 Å². The number of hydrogen-bond acceptors (Lipinski definition) is 9. The van der Waals surface area contributed by atoms with E-state index in [4.69, 9.17) is 25.8 Å². The summed E-state index contributed by atoms with van der Waals surface area (Å²) in [6, 6.07) is 7.52. The van der Waals surface area contributed by atoms with E-state index >= 15 is 0 Å². The maximum absolute atomic E-state index is 13.9. The molecule has 2 aromatic heterocycles. The SMILES string of the molecule is COC(=O)C(CC(=O)OC(C)(C)C)Cc1nnn(-c2ccc(Oc3ncc(Cl)cc3F)cc2)n1. The lowest BCUT2D eigenvalue weighted by atomic mass is 10.0. The molecule has 0 aliphatic carbocycles. The van der Waals surface area contributed by atoms with Gasteiger partial charge in [-0.15, -0.1) is 15.0 Å². The van der Waals surface area contributed by atoms with Gasteiger partial charge < -0.3 is 14.2 Å². The summed E-state index contributed by atoms with van der Waals surface area (Å²) in [7, 11) is 1.24. The van der Waals surface area contributed by atoms with Crippen molar-refractivity contribution in [3.05, 3.63) is 53.2 Å². The summed E-state index contributed by atoms with van der Waals surface area (Å²) in [6.45, 7) is 5.22. The second-order valence-corrected chi connectivity index (χ2v) is 8.68. The molecule has 1 atom stereocenters. The molecule has 0 amide bonds. The minimum absolute atomic E-state index is 0.0363. The first-order chi connectivity index (χ1) is 16.0. The standard InChI is InChI=1S/C22H23ClFN5O5/c1-22(2,3)34-19(30)10-13(21(31)32-4)9-18-26-28-29(27-18)15-5-7-16(8-6-15)33-20-17(24)11-14(23)12-25-20/h5-8,11-13H,9-10H2,1-4H3. The Bertz CT molecular complexity index is 1160. The predicted octanol–water partition coefficient (Wildman–Crippen LogP) is 3.71. The number of ether oxygens (including phenoxy) is 3. The highest BCUT2D eigenvalue weighted by Crippen LogP contribution is 2.25. The molecule has 0 spiro atoms. The van der Waals surface area contributed by atoms with Gasteiger partial charge in [0, 0.05) is 12.6 Å². The van der Waals surface area contributed by atoms with Crippen LogP contribution in [0.4, 0.5) is 4.39 Å². The number of carbonyl (C=O) groups excluding carboxylic acids is 2.